The van der Waals surface area contributed by atoms with Crippen LogP contribution in [0, 0.1) is 0 Å². The number of hydrogen-bond acceptors (Lipinski definition) is 4. The number of furan rings is 1. The van der Waals surface area contributed by atoms with Gasteiger partial charge in [-0.25, -0.2) is 0 Å². The van der Waals surface area contributed by atoms with Crippen molar-refractivity contribution in [3.63, 3.8) is 0 Å². The van der Waals surface area contributed by atoms with Crippen LogP contribution in [0.25, 0.3) is 0 Å². The van der Waals surface area contributed by atoms with Crippen molar-refractivity contribution in [3.05, 3.63) is 84.3 Å². The van der Waals surface area contributed by atoms with E-state index < -0.39 is 0 Å². The average Bonchev–Trinajstić information content (AvgIpc) is 3.19. The molecule has 0 aliphatic carbocycles. The highest BCUT2D eigenvalue weighted by Crippen LogP contribution is 2.21. The maximum absolute atomic E-state index is 12.2. The third kappa shape index (κ3) is 4.98. The van der Waals surface area contributed by atoms with Gasteiger partial charge in [0.2, 0.25) is 5.91 Å². The van der Waals surface area contributed by atoms with Crippen LogP contribution in [0.1, 0.15) is 16.1 Å². The average molecular weight is 350 g/mol. The van der Waals surface area contributed by atoms with Crippen LogP contribution in [-0.4, -0.2) is 18.4 Å². The normalized spacial score (nSPS) is 10.2. The number of carbonyl (C=O) groups excluding carboxylic acids is 2. The lowest BCUT2D eigenvalue weighted by Crippen LogP contribution is -2.36. The van der Waals surface area contributed by atoms with E-state index in [1.807, 2.05) is 30.3 Å². The third-order valence-electron chi connectivity index (χ3n) is 3.52. The highest BCUT2D eigenvalue weighted by Gasteiger charge is 2.09. The Hall–Kier alpha value is -3.54. The van der Waals surface area contributed by atoms with Crippen molar-refractivity contribution >= 4 is 11.8 Å². The van der Waals surface area contributed by atoms with Crippen LogP contribution < -0.4 is 15.4 Å². The molecule has 2 aromatic carbocycles. The van der Waals surface area contributed by atoms with Crippen molar-refractivity contribution in [2.24, 2.45) is 0 Å². The fourth-order valence-corrected chi connectivity index (χ4v) is 2.25. The van der Waals surface area contributed by atoms with Gasteiger partial charge in [-0.3, -0.25) is 9.59 Å². The van der Waals surface area contributed by atoms with Gasteiger partial charge in [0.15, 0.2) is 0 Å². The molecule has 0 unspecified atom stereocenters. The van der Waals surface area contributed by atoms with Gasteiger partial charge in [0.1, 0.15) is 17.3 Å². The zero-order chi connectivity index (χ0) is 18.2. The molecule has 0 aliphatic heterocycles. The van der Waals surface area contributed by atoms with Crippen LogP contribution in [0.15, 0.2) is 77.4 Å². The summed E-state index contributed by atoms with van der Waals surface area (Å²) < 4.78 is 10.8. The molecule has 0 aliphatic rings. The molecule has 2 N–H and O–H groups in total. The summed E-state index contributed by atoms with van der Waals surface area (Å²) in [6, 6.07) is 19.6. The zero-order valence-corrected chi connectivity index (χ0v) is 14.0. The molecular weight excluding hydrogens is 332 g/mol. The molecule has 0 bridgehead atoms. The second kappa shape index (κ2) is 8.53. The first-order valence-corrected chi connectivity index (χ1v) is 8.11. The van der Waals surface area contributed by atoms with E-state index in [1.165, 1.54) is 6.26 Å². The molecule has 0 atom stereocenters. The predicted octanol–water partition coefficient (Wildman–Crippen LogP) is 3.12. The Labute approximate surface area is 150 Å². The van der Waals surface area contributed by atoms with E-state index in [1.54, 1.807) is 36.4 Å². The van der Waals surface area contributed by atoms with Crippen molar-refractivity contribution in [3.8, 4) is 11.5 Å². The number of carbonyl (C=O) groups is 2. The maximum Gasteiger partial charge on any atom is 0.251 e. The summed E-state index contributed by atoms with van der Waals surface area (Å²) >= 11 is 0. The molecule has 3 aromatic rings. The number of ether oxygens (including phenoxy) is 1. The summed E-state index contributed by atoms with van der Waals surface area (Å²) in [7, 11) is 0. The molecule has 3 rings (SSSR count). The summed E-state index contributed by atoms with van der Waals surface area (Å²) in [4.78, 5) is 24.0. The molecule has 2 amide bonds. The first kappa shape index (κ1) is 17.3. The molecule has 0 fully saturated rings. The van der Waals surface area contributed by atoms with E-state index in [2.05, 4.69) is 10.6 Å². The van der Waals surface area contributed by atoms with Crippen molar-refractivity contribution < 1.29 is 18.7 Å². The van der Waals surface area contributed by atoms with E-state index in [0.717, 1.165) is 0 Å². The van der Waals surface area contributed by atoms with E-state index in [-0.39, 0.29) is 24.9 Å². The molecule has 6 heteroatoms. The highest BCUT2D eigenvalue weighted by atomic mass is 16.5. The topological polar surface area (TPSA) is 80.6 Å². The van der Waals surface area contributed by atoms with Crippen LogP contribution in [0.2, 0.25) is 0 Å². The SMILES string of the molecule is O=C(CNC(=O)c1cccc(Oc2ccccc2)c1)NCc1ccco1. The van der Waals surface area contributed by atoms with Gasteiger partial charge < -0.3 is 19.8 Å². The molecule has 6 nitrogen and oxygen atoms in total. The Morgan fingerprint density at radius 2 is 1.69 bits per heavy atom. The smallest absolute Gasteiger partial charge is 0.251 e. The lowest BCUT2D eigenvalue weighted by atomic mass is 10.2. The highest BCUT2D eigenvalue weighted by molar-refractivity contribution is 5.96. The summed E-state index contributed by atoms with van der Waals surface area (Å²) in [5.41, 5.74) is 0.414. The molecule has 0 saturated heterocycles. The fourth-order valence-electron chi connectivity index (χ4n) is 2.25. The van der Waals surface area contributed by atoms with Crippen molar-refractivity contribution in [2.45, 2.75) is 6.54 Å². The van der Waals surface area contributed by atoms with E-state index in [4.69, 9.17) is 9.15 Å². The van der Waals surface area contributed by atoms with Crippen molar-refractivity contribution in [1.29, 1.82) is 0 Å². The number of rotatable bonds is 7. The van der Waals surface area contributed by atoms with Gasteiger partial charge >= 0.3 is 0 Å². The monoisotopic (exact) mass is 350 g/mol. The first-order valence-electron chi connectivity index (χ1n) is 8.11. The Kier molecular flexibility index (Phi) is 5.67. The van der Waals surface area contributed by atoms with Crippen LogP contribution in [0.3, 0.4) is 0 Å². The lowest BCUT2D eigenvalue weighted by Gasteiger charge is -2.08. The number of hydrogen-bond donors (Lipinski definition) is 2. The van der Waals surface area contributed by atoms with Gasteiger partial charge in [0.05, 0.1) is 19.4 Å². The quantitative estimate of drug-likeness (QED) is 0.686. The van der Waals surface area contributed by atoms with Crippen molar-refractivity contribution in [1.82, 2.24) is 10.6 Å². The maximum atomic E-state index is 12.2. The van der Waals surface area contributed by atoms with Gasteiger partial charge in [-0.2, -0.15) is 0 Å². The largest absolute Gasteiger partial charge is 0.467 e. The Bertz CT molecular complexity index is 861. The molecule has 0 spiro atoms. The van der Waals surface area contributed by atoms with Gasteiger partial charge in [0.25, 0.3) is 5.91 Å². The van der Waals surface area contributed by atoms with E-state index in [9.17, 15) is 9.59 Å². The predicted molar refractivity (Wildman–Crippen MR) is 95.8 cm³/mol. The van der Waals surface area contributed by atoms with Gasteiger partial charge in [-0.15, -0.1) is 0 Å². The Balaban J connectivity index is 1.51. The first-order chi connectivity index (χ1) is 12.7. The minimum absolute atomic E-state index is 0.122. The number of amides is 2. The van der Waals surface area contributed by atoms with Crippen LogP contribution in [0.4, 0.5) is 0 Å². The molecule has 0 saturated carbocycles. The van der Waals surface area contributed by atoms with Crippen molar-refractivity contribution in [2.75, 3.05) is 6.54 Å². The van der Waals surface area contributed by atoms with Crippen LogP contribution in [0.5, 0.6) is 11.5 Å². The van der Waals surface area contributed by atoms with Gasteiger partial charge in [-0.1, -0.05) is 24.3 Å². The van der Waals surface area contributed by atoms with E-state index >= 15 is 0 Å². The second-order valence-electron chi connectivity index (χ2n) is 5.48. The summed E-state index contributed by atoms with van der Waals surface area (Å²) in [6.07, 6.45) is 1.54. The minimum atomic E-state index is -0.350. The number of para-hydroxylation sites is 1. The summed E-state index contributed by atoms with van der Waals surface area (Å²) in [5.74, 6) is 1.23. The summed E-state index contributed by atoms with van der Waals surface area (Å²) in [5, 5.41) is 5.25. The molecule has 1 heterocycles. The lowest BCUT2D eigenvalue weighted by molar-refractivity contribution is -0.120. The fraction of sp³-hybridized carbons (Fsp3) is 0.100. The molecular formula is C20H18N2O4. The molecule has 26 heavy (non-hydrogen) atoms. The van der Waals surface area contributed by atoms with E-state index in [0.29, 0.717) is 22.8 Å². The zero-order valence-electron chi connectivity index (χ0n) is 14.0. The third-order valence-corrected chi connectivity index (χ3v) is 3.52. The number of benzene rings is 2. The molecule has 132 valence electrons. The number of nitrogens with one attached hydrogen (secondary N) is 2. The van der Waals surface area contributed by atoms with Gasteiger partial charge in [0, 0.05) is 5.56 Å². The minimum Gasteiger partial charge on any atom is -0.467 e. The van der Waals surface area contributed by atoms with Crippen LogP contribution >= 0.6 is 0 Å². The summed E-state index contributed by atoms with van der Waals surface area (Å²) in [6.45, 7) is 0.158. The molecule has 0 radical (unpaired) electrons. The second-order valence-corrected chi connectivity index (χ2v) is 5.48. The van der Waals surface area contributed by atoms with Gasteiger partial charge in [-0.05, 0) is 42.5 Å². The standard InChI is InChI=1S/C20H18N2O4/c23-19(21-13-18-10-5-11-25-18)14-22-20(24)15-6-4-9-17(12-15)26-16-7-2-1-3-8-16/h1-12H,13-14H2,(H,21,23)(H,22,24). The molecule has 1 aromatic heterocycles. The van der Waals surface area contributed by atoms with Crippen LogP contribution in [-0.2, 0) is 11.3 Å². The Morgan fingerprint density at radius 3 is 2.46 bits per heavy atom. The Morgan fingerprint density at radius 1 is 0.885 bits per heavy atom.